The summed E-state index contributed by atoms with van der Waals surface area (Å²) in [5, 5.41) is 2.86. The number of hydrogen-bond acceptors (Lipinski definition) is 3. The molecule has 0 aromatic heterocycles. The van der Waals surface area contributed by atoms with Crippen LogP contribution in [0, 0.1) is 13.8 Å². The number of rotatable bonds is 5. The van der Waals surface area contributed by atoms with Crippen LogP contribution in [0.1, 0.15) is 41.8 Å². The minimum Gasteiger partial charge on any atom is -0.326 e. The molecule has 0 aliphatic carbocycles. The number of nitrogens with zero attached hydrogens (tertiary/aromatic N) is 1. The van der Waals surface area contributed by atoms with E-state index in [0.29, 0.717) is 12.2 Å². The van der Waals surface area contributed by atoms with Gasteiger partial charge >= 0.3 is 0 Å². The van der Waals surface area contributed by atoms with Gasteiger partial charge < -0.3 is 5.32 Å². The Morgan fingerprint density at radius 1 is 1.19 bits per heavy atom. The van der Waals surface area contributed by atoms with Crippen LogP contribution in [0.25, 0.3) is 0 Å². The number of benzene rings is 2. The molecule has 1 saturated heterocycles. The summed E-state index contributed by atoms with van der Waals surface area (Å²) in [7, 11) is 0. The summed E-state index contributed by atoms with van der Waals surface area (Å²) >= 11 is 1.64. The zero-order valence-corrected chi connectivity index (χ0v) is 16.2. The molecule has 1 fully saturated rings. The fourth-order valence-corrected chi connectivity index (χ4v) is 4.26. The van der Waals surface area contributed by atoms with Gasteiger partial charge in [-0.1, -0.05) is 31.2 Å². The Hall–Kier alpha value is -2.27. The first-order valence-electron chi connectivity index (χ1n) is 8.90. The van der Waals surface area contributed by atoms with Crippen molar-refractivity contribution in [3.8, 4) is 0 Å². The molecule has 1 aliphatic heterocycles. The first-order valence-corrected chi connectivity index (χ1v) is 9.95. The van der Waals surface area contributed by atoms with Crippen molar-refractivity contribution >= 4 is 35.0 Å². The van der Waals surface area contributed by atoms with E-state index < -0.39 is 0 Å². The molecular weight excluding hydrogens is 344 g/mol. The van der Waals surface area contributed by atoms with Gasteiger partial charge in [-0.15, -0.1) is 11.8 Å². The number of aryl methyl sites for hydroxylation is 2. The standard InChI is InChI=1S/C21H24N2O2S/c1-4-5-19(24)22-17-10-8-16(9-11-17)21-23(20(25)13-26-21)18-12-14(2)6-7-15(18)3/h6-12,21H,4-5,13H2,1-3H3,(H,22,24). The van der Waals surface area contributed by atoms with Gasteiger partial charge in [-0.25, -0.2) is 0 Å². The molecule has 0 spiro atoms. The second-order valence-electron chi connectivity index (χ2n) is 6.64. The summed E-state index contributed by atoms with van der Waals surface area (Å²) in [6.45, 7) is 6.06. The molecule has 0 bridgehead atoms. The quantitative estimate of drug-likeness (QED) is 0.823. The zero-order valence-electron chi connectivity index (χ0n) is 15.4. The maximum atomic E-state index is 12.6. The zero-order chi connectivity index (χ0) is 18.7. The van der Waals surface area contributed by atoms with Crippen LogP contribution in [0.4, 0.5) is 11.4 Å². The first-order chi connectivity index (χ1) is 12.5. The number of anilines is 2. The van der Waals surface area contributed by atoms with Crippen molar-refractivity contribution in [3.63, 3.8) is 0 Å². The van der Waals surface area contributed by atoms with Crippen molar-refractivity contribution in [1.29, 1.82) is 0 Å². The van der Waals surface area contributed by atoms with E-state index in [4.69, 9.17) is 0 Å². The second kappa shape index (κ2) is 7.96. The van der Waals surface area contributed by atoms with Gasteiger partial charge in [0.15, 0.2) is 0 Å². The highest BCUT2D eigenvalue weighted by molar-refractivity contribution is 8.00. The van der Waals surface area contributed by atoms with Crippen molar-refractivity contribution in [1.82, 2.24) is 0 Å². The fourth-order valence-electron chi connectivity index (χ4n) is 3.09. The van der Waals surface area contributed by atoms with E-state index in [-0.39, 0.29) is 17.2 Å². The van der Waals surface area contributed by atoms with E-state index in [2.05, 4.69) is 23.5 Å². The molecule has 1 unspecified atom stereocenters. The van der Waals surface area contributed by atoms with E-state index in [1.54, 1.807) is 11.8 Å². The number of hydrogen-bond donors (Lipinski definition) is 1. The van der Waals surface area contributed by atoms with Gasteiger partial charge in [0.2, 0.25) is 11.8 Å². The molecule has 1 N–H and O–H groups in total. The SMILES string of the molecule is CCCC(=O)Nc1ccc(C2SCC(=O)N2c2cc(C)ccc2C)cc1. The summed E-state index contributed by atoms with van der Waals surface area (Å²) in [5.74, 6) is 0.643. The summed E-state index contributed by atoms with van der Waals surface area (Å²) in [6.07, 6.45) is 1.35. The lowest BCUT2D eigenvalue weighted by molar-refractivity contribution is -0.116. The van der Waals surface area contributed by atoms with Gasteiger partial charge in [0.1, 0.15) is 5.37 Å². The molecule has 2 aromatic carbocycles. The third-order valence-electron chi connectivity index (χ3n) is 4.45. The Kier molecular flexibility index (Phi) is 5.67. The molecular formula is C21H24N2O2S. The predicted molar refractivity (Wildman–Crippen MR) is 109 cm³/mol. The number of carbonyl (C=O) groups is 2. The van der Waals surface area contributed by atoms with Gasteiger partial charge in [-0.05, 0) is 55.2 Å². The minimum atomic E-state index is -0.0385. The third-order valence-corrected chi connectivity index (χ3v) is 5.66. The molecule has 0 radical (unpaired) electrons. The van der Waals surface area contributed by atoms with Crippen LogP contribution in [0.2, 0.25) is 0 Å². The average Bonchev–Trinajstić information content (AvgIpc) is 2.99. The van der Waals surface area contributed by atoms with E-state index in [0.717, 1.165) is 34.5 Å². The average molecular weight is 369 g/mol. The topological polar surface area (TPSA) is 49.4 Å². The Balaban J connectivity index is 1.84. The molecule has 1 aliphatic rings. The smallest absolute Gasteiger partial charge is 0.238 e. The number of amides is 2. The second-order valence-corrected chi connectivity index (χ2v) is 7.71. The predicted octanol–water partition coefficient (Wildman–Crippen LogP) is 4.82. The lowest BCUT2D eigenvalue weighted by atomic mass is 10.1. The number of nitrogens with one attached hydrogen (secondary N) is 1. The molecule has 2 amide bonds. The van der Waals surface area contributed by atoms with Crippen LogP contribution in [0.5, 0.6) is 0 Å². The highest BCUT2D eigenvalue weighted by Crippen LogP contribution is 2.43. The molecule has 5 heteroatoms. The molecule has 26 heavy (non-hydrogen) atoms. The Bertz CT molecular complexity index is 817. The van der Waals surface area contributed by atoms with Crippen molar-refractivity contribution in [2.75, 3.05) is 16.0 Å². The van der Waals surface area contributed by atoms with Crippen molar-refractivity contribution in [3.05, 3.63) is 59.2 Å². The Morgan fingerprint density at radius 2 is 1.92 bits per heavy atom. The molecule has 0 saturated carbocycles. The van der Waals surface area contributed by atoms with Gasteiger partial charge in [0.05, 0.1) is 5.75 Å². The third kappa shape index (κ3) is 3.93. The molecule has 3 rings (SSSR count). The van der Waals surface area contributed by atoms with Crippen molar-refractivity contribution in [2.45, 2.75) is 39.0 Å². The van der Waals surface area contributed by atoms with Gasteiger partial charge in [-0.2, -0.15) is 0 Å². The minimum absolute atomic E-state index is 0.0303. The first kappa shape index (κ1) is 18.5. The number of carbonyl (C=O) groups excluding carboxylic acids is 2. The van der Waals surface area contributed by atoms with Crippen molar-refractivity contribution in [2.24, 2.45) is 0 Å². The molecule has 136 valence electrons. The van der Waals surface area contributed by atoms with Crippen LogP contribution in [0.3, 0.4) is 0 Å². The van der Waals surface area contributed by atoms with E-state index in [9.17, 15) is 9.59 Å². The maximum absolute atomic E-state index is 12.6. The van der Waals surface area contributed by atoms with Crippen LogP contribution >= 0.6 is 11.8 Å². The summed E-state index contributed by atoms with van der Waals surface area (Å²) in [5.41, 5.74) is 5.07. The van der Waals surface area contributed by atoms with Crippen molar-refractivity contribution < 1.29 is 9.59 Å². The maximum Gasteiger partial charge on any atom is 0.238 e. The monoisotopic (exact) mass is 368 g/mol. The van der Waals surface area contributed by atoms with Gasteiger partial charge in [0.25, 0.3) is 0 Å². The van der Waals surface area contributed by atoms with Crippen LogP contribution in [0.15, 0.2) is 42.5 Å². The fraction of sp³-hybridized carbons (Fsp3) is 0.333. The van der Waals surface area contributed by atoms with Gasteiger partial charge in [0, 0.05) is 17.8 Å². The largest absolute Gasteiger partial charge is 0.326 e. The highest BCUT2D eigenvalue weighted by Gasteiger charge is 2.34. The summed E-state index contributed by atoms with van der Waals surface area (Å²) in [6, 6.07) is 14.0. The number of thioether (sulfide) groups is 1. The van der Waals surface area contributed by atoms with E-state index >= 15 is 0 Å². The highest BCUT2D eigenvalue weighted by atomic mass is 32.2. The molecule has 4 nitrogen and oxygen atoms in total. The summed E-state index contributed by atoms with van der Waals surface area (Å²) < 4.78 is 0. The lowest BCUT2D eigenvalue weighted by Crippen LogP contribution is -2.28. The normalized spacial score (nSPS) is 16.8. The van der Waals surface area contributed by atoms with E-state index in [1.807, 2.05) is 49.9 Å². The molecule has 1 heterocycles. The van der Waals surface area contributed by atoms with Crippen LogP contribution in [-0.2, 0) is 9.59 Å². The lowest BCUT2D eigenvalue weighted by Gasteiger charge is -2.26. The van der Waals surface area contributed by atoms with Gasteiger partial charge in [-0.3, -0.25) is 14.5 Å². The van der Waals surface area contributed by atoms with Crippen LogP contribution in [-0.4, -0.2) is 17.6 Å². The Labute approximate surface area is 159 Å². The molecule has 2 aromatic rings. The Morgan fingerprint density at radius 3 is 2.62 bits per heavy atom. The van der Waals surface area contributed by atoms with E-state index in [1.165, 1.54) is 0 Å². The molecule has 1 atom stereocenters. The van der Waals surface area contributed by atoms with Crippen LogP contribution < -0.4 is 10.2 Å². The summed E-state index contributed by atoms with van der Waals surface area (Å²) in [4.78, 5) is 26.2.